The van der Waals surface area contributed by atoms with E-state index >= 15 is 0 Å². The molecule has 0 spiro atoms. The summed E-state index contributed by atoms with van der Waals surface area (Å²) in [4.78, 5) is 0. The molecule has 0 unspecified atom stereocenters. The first-order chi connectivity index (χ1) is 8.61. The first-order valence-electron chi connectivity index (χ1n) is 5.33. The zero-order valence-corrected chi connectivity index (χ0v) is 13.4. The first kappa shape index (κ1) is 13.4. The Morgan fingerprint density at radius 1 is 1.28 bits per heavy atom. The van der Waals surface area contributed by atoms with Crippen LogP contribution in [0.2, 0.25) is 0 Å². The molecule has 0 heterocycles. The standard InChI is InChI=1S/C14H10BrIN2/c1-9-3-2-4-10(8-17)14(9)18-11-5-6-13(16)12(15)7-11/h2-7,18H,1H3. The van der Waals surface area contributed by atoms with Crippen LogP contribution in [0, 0.1) is 21.8 Å². The van der Waals surface area contributed by atoms with Crippen LogP contribution in [0.15, 0.2) is 40.9 Å². The van der Waals surface area contributed by atoms with Crippen LogP contribution in [-0.4, -0.2) is 0 Å². The Morgan fingerprint density at radius 2 is 2.06 bits per heavy atom. The van der Waals surface area contributed by atoms with Gasteiger partial charge in [0.25, 0.3) is 0 Å². The van der Waals surface area contributed by atoms with Gasteiger partial charge >= 0.3 is 0 Å². The summed E-state index contributed by atoms with van der Waals surface area (Å²) in [6, 6.07) is 13.9. The molecule has 2 aromatic rings. The van der Waals surface area contributed by atoms with Crippen molar-refractivity contribution < 1.29 is 0 Å². The van der Waals surface area contributed by atoms with Crippen LogP contribution in [-0.2, 0) is 0 Å². The molecule has 2 aromatic carbocycles. The number of anilines is 2. The quantitative estimate of drug-likeness (QED) is 0.706. The fourth-order valence-electron chi connectivity index (χ4n) is 1.65. The van der Waals surface area contributed by atoms with Gasteiger partial charge in [-0.05, 0) is 75.3 Å². The number of nitriles is 1. The lowest BCUT2D eigenvalue weighted by Crippen LogP contribution is -1.96. The van der Waals surface area contributed by atoms with Crippen molar-refractivity contribution in [2.24, 2.45) is 0 Å². The molecule has 2 rings (SSSR count). The van der Waals surface area contributed by atoms with Gasteiger partial charge in [0.2, 0.25) is 0 Å². The van der Waals surface area contributed by atoms with E-state index in [0.29, 0.717) is 5.56 Å². The van der Waals surface area contributed by atoms with Crippen molar-refractivity contribution in [3.05, 3.63) is 55.6 Å². The number of nitrogens with one attached hydrogen (secondary N) is 1. The maximum Gasteiger partial charge on any atom is 0.101 e. The van der Waals surface area contributed by atoms with E-state index in [9.17, 15) is 0 Å². The first-order valence-corrected chi connectivity index (χ1v) is 7.21. The molecular formula is C14H10BrIN2. The molecule has 0 fully saturated rings. The molecule has 2 nitrogen and oxygen atoms in total. The molecule has 0 saturated heterocycles. The second kappa shape index (κ2) is 5.72. The Balaban J connectivity index is 2.40. The SMILES string of the molecule is Cc1cccc(C#N)c1Nc1ccc(I)c(Br)c1. The van der Waals surface area contributed by atoms with Gasteiger partial charge in [-0.2, -0.15) is 5.26 Å². The highest BCUT2D eigenvalue weighted by Gasteiger charge is 2.06. The number of nitrogens with zero attached hydrogens (tertiary/aromatic N) is 1. The second-order valence-electron chi connectivity index (χ2n) is 3.86. The highest BCUT2D eigenvalue weighted by Crippen LogP contribution is 2.28. The van der Waals surface area contributed by atoms with Crippen molar-refractivity contribution in [2.45, 2.75) is 6.92 Å². The fourth-order valence-corrected chi connectivity index (χ4v) is 2.36. The summed E-state index contributed by atoms with van der Waals surface area (Å²) >= 11 is 5.77. The number of hydrogen-bond acceptors (Lipinski definition) is 2. The molecule has 0 aromatic heterocycles. The lowest BCUT2D eigenvalue weighted by atomic mass is 10.1. The highest BCUT2D eigenvalue weighted by atomic mass is 127. The van der Waals surface area contributed by atoms with Crippen LogP contribution in [0.3, 0.4) is 0 Å². The van der Waals surface area contributed by atoms with Crippen LogP contribution in [0.1, 0.15) is 11.1 Å². The molecule has 0 amide bonds. The van der Waals surface area contributed by atoms with Gasteiger partial charge in [0, 0.05) is 13.7 Å². The maximum atomic E-state index is 9.12. The third-order valence-electron chi connectivity index (χ3n) is 2.58. The predicted molar refractivity (Wildman–Crippen MR) is 86.0 cm³/mol. The van der Waals surface area contributed by atoms with E-state index < -0.39 is 0 Å². The number of para-hydroxylation sites is 1. The van der Waals surface area contributed by atoms with Gasteiger partial charge in [0.05, 0.1) is 11.3 Å². The smallest absolute Gasteiger partial charge is 0.101 e. The Labute approximate surface area is 128 Å². The number of aryl methyl sites for hydroxylation is 1. The van der Waals surface area contributed by atoms with Crippen molar-refractivity contribution in [2.75, 3.05) is 5.32 Å². The molecule has 90 valence electrons. The van der Waals surface area contributed by atoms with Gasteiger partial charge in [0.1, 0.15) is 6.07 Å². The van der Waals surface area contributed by atoms with Crippen molar-refractivity contribution >= 4 is 49.9 Å². The number of rotatable bonds is 2. The van der Waals surface area contributed by atoms with E-state index in [2.05, 4.69) is 49.9 Å². The molecule has 0 bridgehead atoms. The Morgan fingerprint density at radius 3 is 2.72 bits per heavy atom. The minimum Gasteiger partial charge on any atom is -0.354 e. The minimum absolute atomic E-state index is 0.657. The number of benzene rings is 2. The van der Waals surface area contributed by atoms with Crippen LogP contribution in [0.25, 0.3) is 0 Å². The summed E-state index contributed by atoms with van der Waals surface area (Å²) in [5.74, 6) is 0. The lowest BCUT2D eigenvalue weighted by molar-refractivity contribution is 1.39. The van der Waals surface area contributed by atoms with Crippen molar-refractivity contribution in [1.29, 1.82) is 5.26 Å². The topological polar surface area (TPSA) is 35.8 Å². The summed E-state index contributed by atoms with van der Waals surface area (Å²) < 4.78 is 2.20. The number of halogens is 2. The summed E-state index contributed by atoms with van der Waals surface area (Å²) in [6.07, 6.45) is 0. The van der Waals surface area contributed by atoms with Crippen molar-refractivity contribution in [3.63, 3.8) is 0 Å². The minimum atomic E-state index is 0.657. The van der Waals surface area contributed by atoms with E-state index in [1.165, 1.54) is 0 Å². The summed E-state index contributed by atoms with van der Waals surface area (Å²) in [7, 11) is 0. The van der Waals surface area contributed by atoms with Crippen molar-refractivity contribution in [3.8, 4) is 6.07 Å². The summed E-state index contributed by atoms with van der Waals surface area (Å²) in [6.45, 7) is 1.99. The zero-order chi connectivity index (χ0) is 13.1. The second-order valence-corrected chi connectivity index (χ2v) is 5.88. The maximum absolute atomic E-state index is 9.12. The van der Waals surface area contributed by atoms with E-state index in [0.717, 1.165) is 25.0 Å². The summed E-state index contributed by atoms with van der Waals surface area (Å²) in [5, 5.41) is 12.4. The average Bonchev–Trinajstić information content (AvgIpc) is 2.36. The molecule has 1 N–H and O–H groups in total. The molecule has 0 aliphatic heterocycles. The molecule has 4 heteroatoms. The Hall–Kier alpha value is -1.06. The third-order valence-corrected chi connectivity index (χ3v) is 4.92. The fraction of sp³-hybridized carbons (Fsp3) is 0.0714. The molecular weight excluding hydrogens is 403 g/mol. The monoisotopic (exact) mass is 412 g/mol. The van der Waals surface area contributed by atoms with Crippen molar-refractivity contribution in [1.82, 2.24) is 0 Å². The van der Waals surface area contributed by atoms with Gasteiger partial charge in [-0.15, -0.1) is 0 Å². The van der Waals surface area contributed by atoms with Gasteiger partial charge in [-0.3, -0.25) is 0 Å². The predicted octanol–water partition coefficient (Wildman–Crippen LogP) is 4.98. The van der Waals surface area contributed by atoms with E-state index in [1.54, 1.807) is 0 Å². The molecule has 18 heavy (non-hydrogen) atoms. The summed E-state index contributed by atoms with van der Waals surface area (Å²) in [5.41, 5.74) is 3.55. The Kier molecular flexibility index (Phi) is 4.25. The Bertz CT molecular complexity index is 632. The van der Waals surface area contributed by atoms with Crippen LogP contribution >= 0.6 is 38.5 Å². The van der Waals surface area contributed by atoms with E-state index in [4.69, 9.17) is 5.26 Å². The zero-order valence-electron chi connectivity index (χ0n) is 9.67. The van der Waals surface area contributed by atoms with E-state index in [-0.39, 0.29) is 0 Å². The van der Waals surface area contributed by atoms with Crippen LogP contribution < -0.4 is 5.32 Å². The molecule has 0 aliphatic rings. The average molecular weight is 413 g/mol. The van der Waals surface area contributed by atoms with Gasteiger partial charge in [0.15, 0.2) is 0 Å². The van der Waals surface area contributed by atoms with Gasteiger partial charge < -0.3 is 5.32 Å². The van der Waals surface area contributed by atoms with Gasteiger partial charge in [-0.25, -0.2) is 0 Å². The largest absolute Gasteiger partial charge is 0.354 e. The van der Waals surface area contributed by atoms with E-state index in [1.807, 2.05) is 43.3 Å². The lowest BCUT2D eigenvalue weighted by Gasteiger charge is -2.12. The molecule has 0 aliphatic carbocycles. The normalized spacial score (nSPS) is 9.89. The van der Waals surface area contributed by atoms with Gasteiger partial charge in [-0.1, -0.05) is 12.1 Å². The third kappa shape index (κ3) is 2.85. The molecule has 0 saturated carbocycles. The number of hydrogen-bond donors (Lipinski definition) is 1. The highest BCUT2D eigenvalue weighted by molar-refractivity contribution is 14.1. The van der Waals surface area contributed by atoms with Crippen LogP contribution in [0.5, 0.6) is 0 Å². The molecule has 0 atom stereocenters. The van der Waals surface area contributed by atoms with Crippen LogP contribution in [0.4, 0.5) is 11.4 Å². The molecule has 0 radical (unpaired) electrons.